The number of ether oxygens (including phenoxy) is 1. The quantitative estimate of drug-likeness (QED) is 0.817. The van der Waals surface area contributed by atoms with E-state index in [1.165, 1.54) is 0 Å². The highest BCUT2D eigenvalue weighted by atomic mass is 16.5. The van der Waals surface area contributed by atoms with E-state index in [9.17, 15) is 9.59 Å². The zero-order valence-electron chi connectivity index (χ0n) is 10.9. The first-order valence-corrected chi connectivity index (χ1v) is 6.05. The average Bonchev–Trinajstić information content (AvgIpc) is 2.46. The minimum absolute atomic E-state index is 0.0514. The van der Waals surface area contributed by atoms with Gasteiger partial charge in [-0.3, -0.25) is 9.59 Å². The number of Topliss-reactive ketones (excluding diaryl/α,β-unsaturated/α-hetero) is 1. The number of hydrogen-bond acceptors (Lipinski definition) is 3. The molecule has 1 heterocycles. The Morgan fingerprint density at radius 1 is 1.44 bits per heavy atom. The summed E-state index contributed by atoms with van der Waals surface area (Å²) < 4.78 is 5.61. The maximum atomic E-state index is 12.0. The lowest BCUT2D eigenvalue weighted by molar-refractivity contribution is -0.124. The van der Waals surface area contributed by atoms with E-state index < -0.39 is 5.41 Å². The van der Waals surface area contributed by atoms with Gasteiger partial charge in [-0.15, -0.1) is 0 Å². The summed E-state index contributed by atoms with van der Waals surface area (Å²) in [6, 6.07) is 5.15. The summed E-state index contributed by atoms with van der Waals surface area (Å²) in [6.07, 6.45) is 0.444. The second-order valence-corrected chi connectivity index (χ2v) is 5.11. The largest absolute Gasteiger partial charge is 0.490 e. The zero-order chi connectivity index (χ0) is 13.3. The van der Waals surface area contributed by atoms with Crippen molar-refractivity contribution in [1.29, 1.82) is 0 Å². The molecule has 0 unspecified atom stereocenters. The number of fused-ring (bicyclic) bond motifs is 1. The van der Waals surface area contributed by atoms with Crippen LogP contribution in [0, 0.1) is 5.41 Å². The summed E-state index contributed by atoms with van der Waals surface area (Å²) in [7, 11) is 0. The minimum Gasteiger partial charge on any atom is -0.490 e. The molecule has 0 radical (unpaired) electrons. The first-order valence-electron chi connectivity index (χ1n) is 6.05. The number of amides is 1. The van der Waals surface area contributed by atoms with Crippen LogP contribution >= 0.6 is 0 Å². The summed E-state index contributed by atoms with van der Waals surface area (Å²) in [4.78, 5) is 23.6. The normalized spacial score (nSPS) is 17.2. The van der Waals surface area contributed by atoms with Crippen molar-refractivity contribution < 1.29 is 14.3 Å². The Bertz CT molecular complexity index is 506. The molecule has 0 aromatic heterocycles. The smallest absolute Gasteiger partial charge is 0.233 e. The Hall–Kier alpha value is -1.84. The maximum absolute atomic E-state index is 12.0. The van der Waals surface area contributed by atoms with Gasteiger partial charge in [-0.05, 0) is 32.0 Å². The Labute approximate surface area is 106 Å². The van der Waals surface area contributed by atoms with E-state index in [1.54, 1.807) is 18.2 Å². The average molecular weight is 247 g/mol. The molecule has 18 heavy (non-hydrogen) atoms. The first kappa shape index (κ1) is 12.6. The Morgan fingerprint density at radius 2 is 2.17 bits per heavy atom. The van der Waals surface area contributed by atoms with Crippen LogP contribution in [0.4, 0.5) is 5.69 Å². The Morgan fingerprint density at radius 3 is 2.83 bits per heavy atom. The predicted molar refractivity (Wildman–Crippen MR) is 69.0 cm³/mol. The van der Waals surface area contributed by atoms with E-state index >= 15 is 0 Å². The van der Waals surface area contributed by atoms with Crippen molar-refractivity contribution in [3.05, 3.63) is 23.8 Å². The SMILES string of the molecule is CCC(=O)c1ccc2c(c1)NC(=O)C(C)(C)CO2. The highest BCUT2D eigenvalue weighted by Crippen LogP contribution is 2.33. The molecule has 0 atom stereocenters. The van der Waals surface area contributed by atoms with Crippen molar-refractivity contribution in [2.45, 2.75) is 27.2 Å². The van der Waals surface area contributed by atoms with Crippen LogP contribution in [-0.2, 0) is 4.79 Å². The maximum Gasteiger partial charge on any atom is 0.233 e. The summed E-state index contributed by atoms with van der Waals surface area (Å²) in [5.41, 5.74) is 0.596. The number of nitrogens with one attached hydrogen (secondary N) is 1. The number of carbonyl (C=O) groups is 2. The molecule has 1 amide bonds. The number of benzene rings is 1. The monoisotopic (exact) mass is 247 g/mol. The van der Waals surface area contributed by atoms with Crippen LogP contribution in [0.2, 0.25) is 0 Å². The lowest BCUT2D eigenvalue weighted by Crippen LogP contribution is -2.33. The van der Waals surface area contributed by atoms with Gasteiger partial charge in [0.15, 0.2) is 5.78 Å². The van der Waals surface area contributed by atoms with Crippen molar-refractivity contribution >= 4 is 17.4 Å². The molecule has 96 valence electrons. The van der Waals surface area contributed by atoms with Gasteiger partial charge >= 0.3 is 0 Å². The fourth-order valence-electron chi connectivity index (χ4n) is 1.75. The summed E-state index contributed by atoms with van der Waals surface area (Å²) in [5.74, 6) is 0.569. The third-order valence-electron chi connectivity index (χ3n) is 3.07. The van der Waals surface area contributed by atoms with Crippen LogP contribution in [0.5, 0.6) is 5.75 Å². The van der Waals surface area contributed by atoms with Crippen molar-refractivity contribution in [2.24, 2.45) is 5.41 Å². The highest BCUT2D eigenvalue weighted by Gasteiger charge is 2.32. The lowest BCUT2D eigenvalue weighted by atomic mass is 9.94. The number of ketones is 1. The van der Waals surface area contributed by atoms with Crippen LogP contribution in [0.3, 0.4) is 0 Å². The molecular weight excluding hydrogens is 230 g/mol. The summed E-state index contributed by atoms with van der Waals surface area (Å²) in [6.45, 7) is 5.79. The molecule has 1 aliphatic rings. The molecule has 0 bridgehead atoms. The van der Waals surface area contributed by atoms with Crippen molar-refractivity contribution in [1.82, 2.24) is 0 Å². The molecule has 4 nitrogen and oxygen atoms in total. The molecule has 1 aromatic carbocycles. The van der Waals surface area contributed by atoms with Gasteiger partial charge in [-0.1, -0.05) is 6.92 Å². The van der Waals surface area contributed by atoms with Gasteiger partial charge in [-0.25, -0.2) is 0 Å². The van der Waals surface area contributed by atoms with E-state index in [-0.39, 0.29) is 11.7 Å². The van der Waals surface area contributed by atoms with Crippen LogP contribution in [0.25, 0.3) is 0 Å². The number of hydrogen-bond donors (Lipinski definition) is 1. The second kappa shape index (κ2) is 4.44. The summed E-state index contributed by atoms with van der Waals surface area (Å²) in [5, 5.41) is 2.82. The second-order valence-electron chi connectivity index (χ2n) is 5.11. The van der Waals surface area contributed by atoms with E-state index in [0.29, 0.717) is 30.0 Å². The third kappa shape index (κ3) is 2.23. The minimum atomic E-state index is -0.575. The van der Waals surface area contributed by atoms with Crippen molar-refractivity contribution in [3.8, 4) is 5.75 Å². The van der Waals surface area contributed by atoms with Crippen LogP contribution < -0.4 is 10.1 Å². The molecule has 1 aromatic rings. The van der Waals surface area contributed by atoms with Gasteiger partial charge in [-0.2, -0.15) is 0 Å². The highest BCUT2D eigenvalue weighted by molar-refractivity contribution is 6.01. The molecular formula is C14H17NO3. The van der Waals surface area contributed by atoms with Gasteiger partial charge in [0.25, 0.3) is 0 Å². The molecule has 4 heteroatoms. The van der Waals surface area contributed by atoms with Crippen molar-refractivity contribution in [2.75, 3.05) is 11.9 Å². The molecule has 1 aliphatic heterocycles. The van der Waals surface area contributed by atoms with Gasteiger partial charge in [0, 0.05) is 12.0 Å². The van der Waals surface area contributed by atoms with E-state index in [2.05, 4.69) is 5.32 Å². The summed E-state index contributed by atoms with van der Waals surface area (Å²) >= 11 is 0. The topological polar surface area (TPSA) is 55.4 Å². The Balaban J connectivity index is 2.38. The van der Waals surface area contributed by atoms with Gasteiger partial charge in [0.1, 0.15) is 12.4 Å². The molecule has 2 rings (SSSR count). The van der Waals surface area contributed by atoms with Crippen LogP contribution in [0.15, 0.2) is 18.2 Å². The van der Waals surface area contributed by atoms with Crippen molar-refractivity contribution in [3.63, 3.8) is 0 Å². The molecule has 0 spiro atoms. The Kier molecular flexibility index (Phi) is 3.11. The first-order chi connectivity index (χ1) is 8.44. The van der Waals surface area contributed by atoms with Crippen LogP contribution in [-0.4, -0.2) is 18.3 Å². The van der Waals surface area contributed by atoms with Gasteiger partial charge < -0.3 is 10.1 Å². The van der Waals surface area contributed by atoms with Crippen LogP contribution in [0.1, 0.15) is 37.6 Å². The zero-order valence-corrected chi connectivity index (χ0v) is 10.9. The third-order valence-corrected chi connectivity index (χ3v) is 3.07. The molecule has 0 fully saturated rings. The van der Waals surface area contributed by atoms with Gasteiger partial charge in [0.2, 0.25) is 5.91 Å². The number of anilines is 1. The molecule has 0 saturated heterocycles. The van der Waals surface area contributed by atoms with Gasteiger partial charge in [0.05, 0.1) is 11.1 Å². The van der Waals surface area contributed by atoms with E-state index in [0.717, 1.165) is 0 Å². The number of carbonyl (C=O) groups excluding carboxylic acids is 2. The fraction of sp³-hybridized carbons (Fsp3) is 0.429. The number of rotatable bonds is 2. The van der Waals surface area contributed by atoms with E-state index in [4.69, 9.17) is 4.74 Å². The molecule has 1 N–H and O–H groups in total. The standard InChI is InChI=1S/C14H17NO3/c1-4-11(16)9-5-6-12-10(7-9)15-13(17)14(2,3)8-18-12/h5-7H,4,8H2,1-3H3,(H,15,17). The predicted octanol–water partition coefficient (Wildman–Crippen LogP) is 2.64. The van der Waals surface area contributed by atoms with E-state index in [1.807, 2.05) is 20.8 Å². The fourth-order valence-corrected chi connectivity index (χ4v) is 1.75. The molecule has 0 aliphatic carbocycles. The molecule has 0 saturated carbocycles. The lowest BCUT2D eigenvalue weighted by Gasteiger charge is -2.18.